The smallest absolute Gasteiger partial charge is 0.245 e. The fraction of sp³-hybridized carbons (Fsp3) is 0.500. The molecule has 1 heterocycles. The Balaban J connectivity index is 3.32. The van der Waals surface area contributed by atoms with Gasteiger partial charge in [-0.3, -0.25) is 4.98 Å². The van der Waals surface area contributed by atoms with Gasteiger partial charge in [-0.25, -0.2) is 8.42 Å². The van der Waals surface area contributed by atoms with Crippen molar-refractivity contribution < 1.29 is 8.42 Å². The summed E-state index contributed by atoms with van der Waals surface area (Å²) in [6.45, 7) is 3.91. The Hall–Kier alpha value is -1.05. The average Bonchev–Trinajstić information content (AvgIpc) is 2.39. The molecule has 0 atom stereocenters. The van der Waals surface area contributed by atoms with Crippen molar-refractivity contribution in [2.24, 2.45) is 5.73 Å². The first-order chi connectivity index (χ1) is 8.86. The van der Waals surface area contributed by atoms with Gasteiger partial charge in [-0.1, -0.05) is 26.1 Å². The first-order valence-electron chi connectivity index (χ1n) is 6.09. The van der Waals surface area contributed by atoms with E-state index in [1.54, 1.807) is 13.1 Å². The second-order valence-electron chi connectivity index (χ2n) is 4.21. The second kappa shape index (κ2) is 6.40. The van der Waals surface area contributed by atoms with Gasteiger partial charge in [-0.05, 0) is 25.0 Å². The zero-order chi connectivity index (χ0) is 14.6. The van der Waals surface area contributed by atoms with Crippen LogP contribution >= 0.6 is 12.2 Å². The fourth-order valence-electron chi connectivity index (χ4n) is 1.94. The zero-order valence-electron chi connectivity index (χ0n) is 11.3. The number of nitrogens with zero attached hydrogens (tertiary/aromatic N) is 2. The summed E-state index contributed by atoms with van der Waals surface area (Å²) in [7, 11) is -2.06. The molecular weight excluding hydrogens is 282 g/mol. The molecule has 0 aromatic carbocycles. The van der Waals surface area contributed by atoms with Crippen molar-refractivity contribution in [3.8, 4) is 0 Å². The predicted molar refractivity (Wildman–Crippen MR) is 79.4 cm³/mol. The minimum atomic E-state index is -3.63. The van der Waals surface area contributed by atoms with E-state index in [4.69, 9.17) is 18.0 Å². The van der Waals surface area contributed by atoms with Gasteiger partial charge in [0.1, 0.15) is 15.6 Å². The quantitative estimate of drug-likeness (QED) is 0.806. The summed E-state index contributed by atoms with van der Waals surface area (Å²) in [6, 6.07) is 3.00. The summed E-state index contributed by atoms with van der Waals surface area (Å²) in [5, 5.41) is 0. The summed E-state index contributed by atoms with van der Waals surface area (Å²) in [6.07, 6.45) is 2.97. The maximum atomic E-state index is 12.6. The highest BCUT2D eigenvalue weighted by Gasteiger charge is 2.29. The molecule has 1 aromatic heterocycles. The Morgan fingerprint density at radius 2 is 2.05 bits per heavy atom. The van der Waals surface area contributed by atoms with Crippen molar-refractivity contribution in [2.45, 2.75) is 37.6 Å². The lowest BCUT2D eigenvalue weighted by Crippen LogP contribution is -2.37. The average molecular weight is 301 g/mol. The number of sulfonamides is 1. The molecule has 7 heteroatoms. The normalized spacial score (nSPS) is 12.1. The Kier molecular flexibility index (Phi) is 5.39. The lowest BCUT2D eigenvalue weighted by Gasteiger charge is -2.26. The third-order valence-electron chi connectivity index (χ3n) is 3.12. The highest BCUT2D eigenvalue weighted by atomic mass is 32.2. The molecule has 0 unspecified atom stereocenters. The summed E-state index contributed by atoms with van der Waals surface area (Å²) in [5.74, 6) is 0. The molecule has 0 saturated carbocycles. The summed E-state index contributed by atoms with van der Waals surface area (Å²) >= 11 is 4.86. The summed E-state index contributed by atoms with van der Waals surface area (Å²) < 4.78 is 26.5. The summed E-state index contributed by atoms with van der Waals surface area (Å²) in [4.78, 5) is 4.02. The molecule has 0 bridgehead atoms. The van der Waals surface area contributed by atoms with Crippen LogP contribution in [0.2, 0.25) is 0 Å². The van der Waals surface area contributed by atoms with Gasteiger partial charge in [-0.15, -0.1) is 0 Å². The molecule has 1 rings (SSSR count). The largest absolute Gasteiger partial charge is 0.388 e. The molecule has 106 valence electrons. The van der Waals surface area contributed by atoms with Gasteiger partial charge >= 0.3 is 0 Å². The lowest BCUT2D eigenvalue weighted by molar-refractivity contribution is 0.349. The van der Waals surface area contributed by atoms with Crippen molar-refractivity contribution >= 4 is 27.2 Å². The molecule has 0 aliphatic carbocycles. The molecule has 0 amide bonds. The Morgan fingerprint density at radius 1 is 1.47 bits per heavy atom. The van der Waals surface area contributed by atoms with E-state index in [-0.39, 0.29) is 21.6 Å². The third-order valence-corrected chi connectivity index (χ3v) is 5.25. The highest BCUT2D eigenvalue weighted by molar-refractivity contribution is 7.89. The molecule has 0 spiro atoms. The first kappa shape index (κ1) is 16.0. The third kappa shape index (κ3) is 3.29. The van der Waals surface area contributed by atoms with Crippen molar-refractivity contribution in [3.05, 3.63) is 24.0 Å². The van der Waals surface area contributed by atoms with Crippen LogP contribution in [0.15, 0.2) is 23.2 Å². The van der Waals surface area contributed by atoms with E-state index in [1.165, 1.54) is 16.6 Å². The fourth-order valence-corrected chi connectivity index (χ4v) is 3.82. The van der Waals surface area contributed by atoms with Crippen LogP contribution in [-0.2, 0) is 10.0 Å². The van der Waals surface area contributed by atoms with Crippen molar-refractivity contribution in [1.29, 1.82) is 0 Å². The van der Waals surface area contributed by atoms with Crippen LogP contribution in [-0.4, -0.2) is 35.8 Å². The molecule has 0 fully saturated rings. The van der Waals surface area contributed by atoms with Crippen LogP contribution in [0.3, 0.4) is 0 Å². The van der Waals surface area contributed by atoms with Crippen LogP contribution in [0, 0.1) is 0 Å². The van der Waals surface area contributed by atoms with Gasteiger partial charge in [0.05, 0.1) is 0 Å². The number of thiocarbonyl (C=S) groups is 1. The number of aromatic nitrogens is 1. The van der Waals surface area contributed by atoms with E-state index in [2.05, 4.69) is 4.98 Å². The molecule has 5 nitrogen and oxygen atoms in total. The van der Waals surface area contributed by atoms with Crippen LogP contribution < -0.4 is 5.73 Å². The standard InChI is InChI=1S/C12H19N3O2S2/c1-4-9(5-2)15(3)19(16,17)10-7-6-8-14-11(10)12(13)18/h6-9H,4-5H2,1-3H3,(H2,13,18). The lowest BCUT2D eigenvalue weighted by atomic mass is 10.2. The predicted octanol–water partition coefficient (Wildman–Crippen LogP) is 1.52. The van der Waals surface area contributed by atoms with E-state index >= 15 is 0 Å². The minimum absolute atomic E-state index is 0.0166. The van der Waals surface area contributed by atoms with Crippen molar-refractivity contribution in [1.82, 2.24) is 9.29 Å². The van der Waals surface area contributed by atoms with Crippen molar-refractivity contribution in [2.75, 3.05) is 7.05 Å². The van der Waals surface area contributed by atoms with Crippen LogP contribution in [0.4, 0.5) is 0 Å². The van der Waals surface area contributed by atoms with Gasteiger partial charge in [0.2, 0.25) is 10.0 Å². The van der Waals surface area contributed by atoms with Crippen LogP contribution in [0.1, 0.15) is 32.4 Å². The Morgan fingerprint density at radius 3 is 2.53 bits per heavy atom. The number of nitrogens with two attached hydrogens (primary N) is 1. The molecule has 0 saturated heterocycles. The van der Waals surface area contributed by atoms with Gasteiger partial charge < -0.3 is 5.73 Å². The van der Waals surface area contributed by atoms with E-state index in [0.717, 1.165) is 12.8 Å². The van der Waals surface area contributed by atoms with E-state index < -0.39 is 10.0 Å². The number of pyridine rings is 1. The molecule has 0 aliphatic heterocycles. The van der Waals surface area contributed by atoms with Gasteiger partial charge in [-0.2, -0.15) is 4.31 Å². The van der Waals surface area contributed by atoms with Gasteiger partial charge in [0, 0.05) is 19.3 Å². The summed E-state index contributed by atoms with van der Waals surface area (Å²) in [5.41, 5.74) is 5.69. The first-order valence-corrected chi connectivity index (χ1v) is 7.93. The second-order valence-corrected chi connectivity index (χ2v) is 6.61. The topological polar surface area (TPSA) is 76.3 Å². The number of hydrogen-bond acceptors (Lipinski definition) is 4. The van der Waals surface area contributed by atoms with E-state index in [9.17, 15) is 8.42 Å². The maximum Gasteiger partial charge on any atom is 0.245 e. The van der Waals surface area contributed by atoms with E-state index in [1.807, 2.05) is 13.8 Å². The maximum absolute atomic E-state index is 12.6. The van der Waals surface area contributed by atoms with E-state index in [0.29, 0.717) is 0 Å². The number of hydrogen-bond donors (Lipinski definition) is 1. The van der Waals surface area contributed by atoms with Crippen LogP contribution in [0.5, 0.6) is 0 Å². The Labute approximate surface area is 119 Å². The number of rotatable bonds is 6. The van der Waals surface area contributed by atoms with Gasteiger partial charge in [0.25, 0.3) is 0 Å². The minimum Gasteiger partial charge on any atom is -0.388 e. The Bertz CT molecular complexity index is 554. The highest BCUT2D eigenvalue weighted by Crippen LogP contribution is 2.21. The molecule has 19 heavy (non-hydrogen) atoms. The van der Waals surface area contributed by atoms with Crippen LogP contribution in [0.25, 0.3) is 0 Å². The molecule has 1 aromatic rings. The molecule has 0 radical (unpaired) electrons. The molecule has 2 N–H and O–H groups in total. The zero-order valence-corrected chi connectivity index (χ0v) is 13.0. The molecule has 0 aliphatic rings. The monoisotopic (exact) mass is 301 g/mol. The van der Waals surface area contributed by atoms with Crippen molar-refractivity contribution in [3.63, 3.8) is 0 Å². The molecular formula is C12H19N3O2S2. The van der Waals surface area contributed by atoms with Gasteiger partial charge in [0.15, 0.2) is 0 Å². The SMILES string of the molecule is CCC(CC)N(C)S(=O)(=O)c1cccnc1C(N)=S.